The maximum absolute atomic E-state index is 12.2. The Hall–Kier alpha value is -3.45. The van der Waals surface area contributed by atoms with Crippen LogP contribution in [0.25, 0.3) is 33.7 Å². The molecule has 5 rings (SSSR count). The number of likely N-dealkylation sites (tertiary alicyclic amines) is 1. The van der Waals surface area contributed by atoms with Crippen LogP contribution in [0, 0.1) is 12.8 Å². The van der Waals surface area contributed by atoms with Crippen molar-refractivity contribution in [1.29, 1.82) is 0 Å². The second-order valence-corrected chi connectivity index (χ2v) is 9.99. The van der Waals surface area contributed by atoms with Crippen LogP contribution in [0.4, 0.5) is 0 Å². The van der Waals surface area contributed by atoms with Gasteiger partial charge in [0.15, 0.2) is 0 Å². The Kier molecular flexibility index (Phi) is 6.92. The molecule has 188 valence electrons. The molecule has 0 amide bonds. The minimum Gasteiger partial charge on any atom is -0.466 e. The van der Waals surface area contributed by atoms with E-state index in [0.29, 0.717) is 24.4 Å². The van der Waals surface area contributed by atoms with Gasteiger partial charge in [0, 0.05) is 47.4 Å². The molecule has 1 aliphatic rings. The number of carbonyl (C=O) groups is 1. The van der Waals surface area contributed by atoms with Gasteiger partial charge in [0.1, 0.15) is 0 Å². The Bertz CT molecular complexity index is 1370. The summed E-state index contributed by atoms with van der Waals surface area (Å²) in [5.74, 6) is 1.01. The highest BCUT2D eigenvalue weighted by molar-refractivity contribution is 5.84. The average molecular weight is 487 g/mol. The number of rotatable bonds is 7. The normalized spacial score (nSPS) is 16.6. The van der Waals surface area contributed by atoms with Crippen LogP contribution >= 0.6 is 0 Å². The van der Waals surface area contributed by atoms with Crippen LogP contribution in [0.1, 0.15) is 50.8 Å². The molecule has 0 saturated carbocycles. The van der Waals surface area contributed by atoms with Crippen molar-refractivity contribution in [2.24, 2.45) is 5.92 Å². The summed E-state index contributed by atoms with van der Waals surface area (Å²) in [6.07, 6.45) is 4.04. The first kappa shape index (κ1) is 24.3. The number of aryl methyl sites for hydroxylation is 1. The first-order valence-electron chi connectivity index (χ1n) is 12.9. The number of piperidine rings is 1. The number of nitrogens with zero attached hydrogens (tertiary/aromatic N) is 4. The van der Waals surface area contributed by atoms with E-state index in [-0.39, 0.29) is 11.9 Å². The van der Waals surface area contributed by atoms with E-state index in [1.165, 1.54) is 11.1 Å². The Balaban J connectivity index is 1.30. The number of aromatic nitrogens is 3. The maximum atomic E-state index is 12.2. The summed E-state index contributed by atoms with van der Waals surface area (Å²) in [5, 5.41) is 5.43. The molecule has 0 aliphatic carbocycles. The molecule has 1 fully saturated rings. The smallest absolute Gasteiger partial charge is 0.310 e. The van der Waals surface area contributed by atoms with Gasteiger partial charge in [-0.2, -0.15) is 4.98 Å². The van der Waals surface area contributed by atoms with Crippen molar-refractivity contribution in [1.82, 2.24) is 19.6 Å². The van der Waals surface area contributed by atoms with Gasteiger partial charge in [-0.3, -0.25) is 9.69 Å². The third kappa shape index (κ3) is 4.93. The highest BCUT2D eigenvalue weighted by Gasteiger charge is 2.27. The van der Waals surface area contributed by atoms with Crippen molar-refractivity contribution in [2.45, 2.75) is 53.1 Å². The third-order valence-corrected chi connectivity index (χ3v) is 7.01. The SMILES string of the molecule is CCOC(=O)[C@@H]1CCCN(Cc2ccc(-c3noc(-c4ccc5c(ccn5C(C)C)c4)n3)c(C)c2)C1. The van der Waals surface area contributed by atoms with Gasteiger partial charge in [-0.1, -0.05) is 23.4 Å². The zero-order valence-corrected chi connectivity index (χ0v) is 21.5. The number of hydrogen-bond donors (Lipinski definition) is 0. The van der Waals surface area contributed by atoms with Crippen molar-refractivity contribution >= 4 is 16.9 Å². The molecule has 0 N–H and O–H groups in total. The molecule has 7 nitrogen and oxygen atoms in total. The lowest BCUT2D eigenvalue weighted by atomic mass is 9.97. The van der Waals surface area contributed by atoms with Gasteiger partial charge in [0.05, 0.1) is 12.5 Å². The molecule has 4 aromatic rings. The fraction of sp³-hybridized carbons (Fsp3) is 0.414. The maximum Gasteiger partial charge on any atom is 0.310 e. The molecule has 7 heteroatoms. The Morgan fingerprint density at radius 2 is 2.06 bits per heavy atom. The third-order valence-electron chi connectivity index (χ3n) is 7.01. The first-order chi connectivity index (χ1) is 17.4. The first-order valence-corrected chi connectivity index (χ1v) is 12.9. The number of ether oxygens (including phenoxy) is 1. The van der Waals surface area contributed by atoms with Crippen LogP contribution < -0.4 is 0 Å². The molecular formula is C29H34N4O3. The second kappa shape index (κ2) is 10.3. The highest BCUT2D eigenvalue weighted by atomic mass is 16.5. The van der Waals surface area contributed by atoms with Gasteiger partial charge in [0.25, 0.3) is 5.89 Å². The number of benzene rings is 2. The van der Waals surface area contributed by atoms with Crippen LogP contribution in [0.2, 0.25) is 0 Å². The fourth-order valence-electron chi connectivity index (χ4n) is 5.18. The monoisotopic (exact) mass is 486 g/mol. The minimum atomic E-state index is -0.0710. The van der Waals surface area contributed by atoms with Crippen molar-refractivity contribution in [2.75, 3.05) is 19.7 Å². The van der Waals surface area contributed by atoms with Gasteiger partial charge in [-0.15, -0.1) is 0 Å². The van der Waals surface area contributed by atoms with Crippen molar-refractivity contribution in [3.8, 4) is 22.8 Å². The second-order valence-electron chi connectivity index (χ2n) is 9.99. The number of fused-ring (bicyclic) bond motifs is 1. The van der Waals surface area contributed by atoms with Crippen LogP contribution in [-0.2, 0) is 16.1 Å². The zero-order chi connectivity index (χ0) is 25.2. The quantitative estimate of drug-likeness (QED) is 0.297. The van der Waals surface area contributed by atoms with Crippen molar-refractivity contribution in [3.63, 3.8) is 0 Å². The Labute approximate surface area is 212 Å². The lowest BCUT2D eigenvalue weighted by molar-refractivity contribution is -0.150. The number of hydrogen-bond acceptors (Lipinski definition) is 6. The van der Waals surface area contributed by atoms with E-state index in [1.807, 2.05) is 13.0 Å². The summed E-state index contributed by atoms with van der Waals surface area (Å²) in [7, 11) is 0. The topological polar surface area (TPSA) is 73.4 Å². The summed E-state index contributed by atoms with van der Waals surface area (Å²) in [5.41, 5.74) is 5.39. The molecule has 1 aliphatic heterocycles. The van der Waals surface area contributed by atoms with E-state index in [1.54, 1.807) is 0 Å². The molecule has 0 radical (unpaired) electrons. The van der Waals surface area contributed by atoms with Crippen LogP contribution in [0.15, 0.2) is 53.2 Å². The standard InChI is InChI=1S/C29H34N4O3/c1-5-35-29(34)24-7-6-13-32(18-24)17-21-8-10-25(20(4)15-21)27-30-28(36-31-27)23-9-11-26-22(16-23)12-14-33(26)19(2)3/h8-12,14-16,19,24H,5-7,13,17-18H2,1-4H3/t24-/m1/s1. The summed E-state index contributed by atoms with van der Waals surface area (Å²) in [4.78, 5) is 19.2. The fourth-order valence-corrected chi connectivity index (χ4v) is 5.18. The van der Waals surface area contributed by atoms with Gasteiger partial charge in [-0.05, 0) is 82.5 Å². The number of carbonyl (C=O) groups excluding carboxylic acids is 1. The Morgan fingerprint density at radius 1 is 1.19 bits per heavy atom. The molecule has 1 saturated heterocycles. The van der Waals surface area contributed by atoms with Gasteiger partial charge in [0.2, 0.25) is 5.82 Å². The van der Waals surface area contributed by atoms with Gasteiger partial charge < -0.3 is 13.8 Å². The predicted octanol–water partition coefficient (Wildman–Crippen LogP) is 6.02. The highest BCUT2D eigenvalue weighted by Crippen LogP contribution is 2.29. The van der Waals surface area contributed by atoms with E-state index < -0.39 is 0 Å². The molecule has 0 unspecified atom stereocenters. The molecular weight excluding hydrogens is 452 g/mol. The lowest BCUT2D eigenvalue weighted by Gasteiger charge is -2.31. The van der Waals surface area contributed by atoms with E-state index >= 15 is 0 Å². The number of esters is 1. The minimum absolute atomic E-state index is 0.0278. The van der Waals surface area contributed by atoms with E-state index in [4.69, 9.17) is 14.2 Å². The van der Waals surface area contributed by atoms with Crippen molar-refractivity contribution < 1.29 is 14.1 Å². The molecule has 2 aromatic carbocycles. The molecule has 3 heterocycles. The summed E-state index contributed by atoms with van der Waals surface area (Å²) < 4.78 is 13.1. The Morgan fingerprint density at radius 3 is 2.83 bits per heavy atom. The van der Waals surface area contributed by atoms with E-state index in [2.05, 4.69) is 78.0 Å². The van der Waals surface area contributed by atoms with Crippen LogP contribution in [-0.4, -0.2) is 45.3 Å². The van der Waals surface area contributed by atoms with Gasteiger partial charge >= 0.3 is 5.97 Å². The molecule has 0 spiro atoms. The lowest BCUT2D eigenvalue weighted by Crippen LogP contribution is -2.38. The van der Waals surface area contributed by atoms with E-state index in [0.717, 1.165) is 54.6 Å². The van der Waals surface area contributed by atoms with Crippen molar-refractivity contribution in [3.05, 3.63) is 59.8 Å². The molecule has 1 atom stereocenters. The predicted molar refractivity (Wildman–Crippen MR) is 140 cm³/mol. The molecule has 0 bridgehead atoms. The van der Waals surface area contributed by atoms with E-state index in [9.17, 15) is 4.79 Å². The van der Waals surface area contributed by atoms with Crippen LogP contribution in [0.3, 0.4) is 0 Å². The largest absolute Gasteiger partial charge is 0.466 e. The summed E-state index contributed by atoms with van der Waals surface area (Å²) in [6, 6.07) is 15.1. The zero-order valence-electron chi connectivity index (χ0n) is 21.5. The summed E-state index contributed by atoms with van der Waals surface area (Å²) in [6.45, 7) is 11.3. The summed E-state index contributed by atoms with van der Waals surface area (Å²) >= 11 is 0. The van der Waals surface area contributed by atoms with Gasteiger partial charge in [-0.25, -0.2) is 0 Å². The van der Waals surface area contributed by atoms with Crippen LogP contribution in [0.5, 0.6) is 0 Å². The average Bonchev–Trinajstić information content (AvgIpc) is 3.52. The molecule has 36 heavy (non-hydrogen) atoms. The molecule has 2 aromatic heterocycles.